The lowest BCUT2D eigenvalue weighted by atomic mass is 10.1. The van der Waals surface area contributed by atoms with Crippen molar-refractivity contribution in [2.45, 2.75) is 6.54 Å². The Morgan fingerprint density at radius 3 is 2.57 bits per heavy atom. The van der Waals surface area contributed by atoms with Crippen LogP contribution in [-0.4, -0.2) is 49.0 Å². The van der Waals surface area contributed by atoms with Gasteiger partial charge in [0.1, 0.15) is 12.3 Å². The molecule has 7 heteroatoms. The number of carbonyl (C=O) groups is 1. The fourth-order valence-corrected chi connectivity index (χ4v) is 3.27. The number of quaternary nitrogens is 1. The lowest BCUT2D eigenvalue weighted by Crippen LogP contribution is -3.13. The predicted molar refractivity (Wildman–Crippen MR) is 106 cm³/mol. The van der Waals surface area contributed by atoms with Gasteiger partial charge in [0.05, 0.1) is 38.2 Å². The van der Waals surface area contributed by atoms with Crippen molar-refractivity contribution >= 4 is 17.7 Å². The average Bonchev–Trinajstić information content (AvgIpc) is 2.73. The summed E-state index contributed by atoms with van der Waals surface area (Å²) in [4.78, 5) is 26.1. The zero-order valence-corrected chi connectivity index (χ0v) is 15.8. The van der Waals surface area contributed by atoms with Gasteiger partial charge in [-0.1, -0.05) is 12.1 Å². The first kappa shape index (κ1) is 19.6. The number of carbonyl (C=O) groups excluding carboxylic acids is 1. The number of non-ortho nitro benzene ring substituents is 1. The Balaban J connectivity index is 1.50. The fraction of sp³-hybridized carbons (Fsp3) is 0.286. The lowest BCUT2D eigenvalue weighted by molar-refractivity contribution is -0.917. The summed E-state index contributed by atoms with van der Waals surface area (Å²) >= 11 is 0. The van der Waals surface area contributed by atoms with Crippen molar-refractivity contribution < 1.29 is 19.4 Å². The molecule has 3 rings (SSSR count). The molecule has 0 aliphatic carbocycles. The maximum Gasteiger partial charge on any atom is 0.270 e. The van der Waals surface area contributed by atoms with E-state index in [1.54, 1.807) is 25.3 Å². The zero-order valence-electron chi connectivity index (χ0n) is 15.8. The molecule has 1 aliphatic rings. The molecule has 0 unspecified atom stereocenters. The van der Waals surface area contributed by atoms with Crippen molar-refractivity contribution in [1.29, 1.82) is 0 Å². The van der Waals surface area contributed by atoms with Gasteiger partial charge in [-0.25, -0.2) is 0 Å². The number of rotatable bonds is 6. The second kappa shape index (κ2) is 9.14. The standard InChI is InChI=1S/C21H23N3O4/c1-28-20-8-5-18(6-9-20)16-22-11-13-23(14-12-22)21(25)10-7-17-3-2-4-19(15-17)24(26)27/h2-10,15H,11-14,16H2,1H3/p+1/b10-7+. The minimum absolute atomic E-state index is 0.0188. The minimum Gasteiger partial charge on any atom is -0.497 e. The normalized spacial score (nSPS) is 15.0. The largest absolute Gasteiger partial charge is 0.497 e. The molecule has 146 valence electrons. The molecule has 1 heterocycles. The first-order valence-electron chi connectivity index (χ1n) is 9.23. The number of amides is 1. The second-order valence-electron chi connectivity index (χ2n) is 6.79. The lowest BCUT2D eigenvalue weighted by Gasteiger charge is -2.31. The smallest absolute Gasteiger partial charge is 0.270 e. The number of hydrogen-bond donors (Lipinski definition) is 1. The zero-order chi connectivity index (χ0) is 19.9. The first-order chi connectivity index (χ1) is 13.5. The molecule has 0 aromatic heterocycles. The van der Waals surface area contributed by atoms with Gasteiger partial charge in [0.2, 0.25) is 5.91 Å². The van der Waals surface area contributed by atoms with Crippen molar-refractivity contribution in [3.8, 4) is 5.75 Å². The summed E-state index contributed by atoms with van der Waals surface area (Å²) in [6.45, 7) is 4.10. The Bertz CT molecular complexity index is 856. The van der Waals surface area contributed by atoms with Gasteiger partial charge >= 0.3 is 0 Å². The van der Waals surface area contributed by atoms with Crippen LogP contribution >= 0.6 is 0 Å². The molecule has 0 radical (unpaired) electrons. The highest BCUT2D eigenvalue weighted by molar-refractivity contribution is 5.91. The van der Waals surface area contributed by atoms with Crippen LogP contribution in [0.3, 0.4) is 0 Å². The highest BCUT2D eigenvalue weighted by Crippen LogP contribution is 2.14. The number of nitrogens with one attached hydrogen (secondary N) is 1. The number of nitrogens with zero attached hydrogens (tertiary/aromatic N) is 2. The third kappa shape index (κ3) is 5.17. The Morgan fingerprint density at radius 2 is 1.93 bits per heavy atom. The molecule has 0 saturated carbocycles. The third-order valence-electron chi connectivity index (χ3n) is 4.89. The summed E-state index contributed by atoms with van der Waals surface area (Å²) in [5.74, 6) is 0.791. The summed E-state index contributed by atoms with van der Waals surface area (Å²) in [6.07, 6.45) is 3.12. The van der Waals surface area contributed by atoms with Crippen LogP contribution in [0.25, 0.3) is 6.08 Å². The van der Waals surface area contributed by atoms with E-state index in [1.807, 2.05) is 17.0 Å². The molecule has 1 amide bonds. The van der Waals surface area contributed by atoms with E-state index in [0.29, 0.717) is 18.7 Å². The van der Waals surface area contributed by atoms with Crippen LogP contribution in [0.5, 0.6) is 5.75 Å². The van der Waals surface area contributed by atoms with Gasteiger partial charge in [-0.3, -0.25) is 14.9 Å². The quantitative estimate of drug-likeness (QED) is 0.467. The minimum atomic E-state index is -0.440. The van der Waals surface area contributed by atoms with Crippen molar-refractivity contribution in [3.63, 3.8) is 0 Å². The van der Waals surface area contributed by atoms with E-state index in [-0.39, 0.29) is 11.6 Å². The molecule has 28 heavy (non-hydrogen) atoms. The maximum absolute atomic E-state index is 12.4. The van der Waals surface area contributed by atoms with E-state index in [4.69, 9.17) is 4.74 Å². The summed E-state index contributed by atoms with van der Waals surface area (Å²) in [6, 6.07) is 14.3. The van der Waals surface area contributed by atoms with Crippen LogP contribution in [0.2, 0.25) is 0 Å². The van der Waals surface area contributed by atoms with Crippen LogP contribution in [0, 0.1) is 10.1 Å². The number of benzene rings is 2. The molecule has 0 bridgehead atoms. The van der Waals surface area contributed by atoms with Crippen LogP contribution < -0.4 is 9.64 Å². The number of hydrogen-bond acceptors (Lipinski definition) is 4. The van der Waals surface area contributed by atoms with Crippen LogP contribution in [0.15, 0.2) is 54.6 Å². The third-order valence-corrected chi connectivity index (χ3v) is 4.89. The van der Waals surface area contributed by atoms with Crippen molar-refractivity contribution in [2.75, 3.05) is 33.3 Å². The second-order valence-corrected chi connectivity index (χ2v) is 6.79. The Hall–Kier alpha value is -3.19. The summed E-state index contributed by atoms with van der Waals surface area (Å²) in [7, 11) is 1.66. The molecule has 2 aromatic carbocycles. The fourth-order valence-electron chi connectivity index (χ4n) is 3.27. The van der Waals surface area contributed by atoms with Gasteiger partial charge in [0, 0.05) is 23.8 Å². The topological polar surface area (TPSA) is 77.1 Å². The van der Waals surface area contributed by atoms with Crippen LogP contribution in [0.4, 0.5) is 5.69 Å². The highest BCUT2D eigenvalue weighted by atomic mass is 16.6. The van der Waals surface area contributed by atoms with Gasteiger partial charge in [-0.2, -0.15) is 0 Å². The average molecular weight is 382 g/mol. The Morgan fingerprint density at radius 1 is 1.21 bits per heavy atom. The highest BCUT2D eigenvalue weighted by Gasteiger charge is 2.22. The van der Waals surface area contributed by atoms with E-state index >= 15 is 0 Å². The molecule has 1 saturated heterocycles. The SMILES string of the molecule is COc1ccc(C[NH+]2CCN(C(=O)/C=C/c3cccc([N+](=O)[O-])c3)CC2)cc1. The predicted octanol–water partition coefficient (Wildman–Crippen LogP) is 1.54. The molecular weight excluding hydrogens is 358 g/mol. The van der Waals surface area contributed by atoms with Gasteiger partial charge in [0.25, 0.3) is 5.69 Å². The van der Waals surface area contributed by atoms with E-state index < -0.39 is 4.92 Å². The van der Waals surface area contributed by atoms with E-state index in [0.717, 1.165) is 25.4 Å². The molecule has 1 fully saturated rings. The molecule has 0 spiro atoms. The Kier molecular flexibility index (Phi) is 6.39. The van der Waals surface area contributed by atoms with Crippen LogP contribution in [0.1, 0.15) is 11.1 Å². The maximum atomic E-state index is 12.4. The molecule has 1 aliphatic heterocycles. The number of methoxy groups -OCH3 is 1. The first-order valence-corrected chi connectivity index (χ1v) is 9.23. The monoisotopic (exact) mass is 382 g/mol. The Labute approximate surface area is 164 Å². The van der Waals surface area contributed by atoms with E-state index in [2.05, 4.69) is 12.1 Å². The van der Waals surface area contributed by atoms with E-state index in [1.165, 1.54) is 28.7 Å². The molecule has 1 N–H and O–H groups in total. The molecule has 0 atom stereocenters. The number of ether oxygens (including phenoxy) is 1. The van der Waals surface area contributed by atoms with Gasteiger partial charge in [0.15, 0.2) is 0 Å². The van der Waals surface area contributed by atoms with Crippen molar-refractivity contribution in [3.05, 3.63) is 75.8 Å². The number of piperazine rings is 1. The summed E-state index contributed by atoms with van der Waals surface area (Å²) in [5.41, 5.74) is 1.91. The number of nitro groups is 1. The van der Waals surface area contributed by atoms with Crippen molar-refractivity contribution in [1.82, 2.24) is 4.90 Å². The summed E-state index contributed by atoms with van der Waals surface area (Å²) in [5, 5.41) is 10.8. The molecule has 2 aromatic rings. The number of nitro benzene ring substituents is 1. The van der Waals surface area contributed by atoms with E-state index in [9.17, 15) is 14.9 Å². The van der Waals surface area contributed by atoms with Gasteiger partial charge < -0.3 is 14.5 Å². The summed E-state index contributed by atoms with van der Waals surface area (Å²) < 4.78 is 5.18. The molecular formula is C21H24N3O4+. The van der Waals surface area contributed by atoms with Gasteiger partial charge in [-0.05, 0) is 35.9 Å². The van der Waals surface area contributed by atoms with Crippen LogP contribution in [-0.2, 0) is 11.3 Å². The molecule has 7 nitrogen and oxygen atoms in total. The van der Waals surface area contributed by atoms with Gasteiger partial charge in [-0.15, -0.1) is 0 Å². The van der Waals surface area contributed by atoms with Crippen molar-refractivity contribution in [2.24, 2.45) is 0 Å².